The second-order valence-corrected chi connectivity index (χ2v) is 6.81. The molecule has 1 aliphatic carbocycles. The molecule has 1 aromatic rings. The van der Waals surface area contributed by atoms with E-state index in [1.807, 2.05) is 0 Å². The van der Waals surface area contributed by atoms with Gasteiger partial charge in [0.15, 0.2) is 5.82 Å². The first-order valence-electron chi connectivity index (χ1n) is 7.01. The Kier molecular flexibility index (Phi) is 3.67. The van der Waals surface area contributed by atoms with E-state index in [1.165, 1.54) is 0 Å². The number of fused-ring (bicyclic) bond motifs is 1. The number of rotatable bonds is 1. The van der Waals surface area contributed by atoms with E-state index in [1.54, 1.807) is 11.6 Å². The Morgan fingerprint density at radius 1 is 1.29 bits per heavy atom. The summed E-state index contributed by atoms with van der Waals surface area (Å²) < 4.78 is 41.1. The molecule has 1 N–H and O–H groups in total. The molecule has 4 nitrogen and oxygen atoms in total. The zero-order valence-electron chi connectivity index (χ0n) is 11.5. The van der Waals surface area contributed by atoms with E-state index in [4.69, 9.17) is 0 Å². The van der Waals surface area contributed by atoms with Gasteiger partial charge in [0, 0.05) is 0 Å². The third-order valence-corrected chi connectivity index (χ3v) is 5.16. The largest absolute Gasteiger partial charge is 0.405 e. The smallest absolute Gasteiger partial charge is 0.268 e. The van der Waals surface area contributed by atoms with Crippen LogP contribution in [0.15, 0.2) is 9.79 Å². The van der Waals surface area contributed by atoms with Crippen molar-refractivity contribution in [2.45, 2.75) is 56.5 Å². The Hall–Kier alpha value is -1.18. The molecule has 2 aliphatic rings. The monoisotopic (exact) mass is 319 g/mol. The van der Waals surface area contributed by atoms with Gasteiger partial charge in [0.05, 0.1) is 16.6 Å². The molecule has 116 valence electrons. The number of halogens is 3. The van der Waals surface area contributed by atoms with Gasteiger partial charge >= 0.3 is 6.18 Å². The molecule has 1 atom stereocenters. The van der Waals surface area contributed by atoms with E-state index in [2.05, 4.69) is 10.1 Å². The quantitative estimate of drug-likeness (QED) is 0.848. The first-order valence-corrected chi connectivity index (χ1v) is 7.89. The maximum absolute atomic E-state index is 13.2. The Labute approximate surface area is 123 Å². The van der Waals surface area contributed by atoms with Crippen LogP contribution in [-0.4, -0.2) is 21.0 Å². The zero-order chi connectivity index (χ0) is 15.2. The Bertz CT molecular complexity index is 626. The number of nitrogens with zero attached hydrogens (tertiary/aromatic N) is 2. The molecule has 21 heavy (non-hydrogen) atoms. The fourth-order valence-corrected chi connectivity index (χ4v) is 3.99. The number of aromatic nitrogens is 2. The van der Waals surface area contributed by atoms with Crippen LogP contribution < -0.4 is 5.56 Å². The summed E-state index contributed by atoms with van der Waals surface area (Å²) in [5, 5.41) is 1.11. The summed E-state index contributed by atoms with van der Waals surface area (Å²) in [6, 6.07) is 0.0451. The Balaban J connectivity index is 2.09. The molecular formula is C13H16F3N3OS. The van der Waals surface area contributed by atoms with Crippen LogP contribution in [0.1, 0.15) is 55.9 Å². The lowest BCUT2D eigenvalue weighted by atomic mass is 9.95. The van der Waals surface area contributed by atoms with Crippen LogP contribution in [-0.2, 0) is 0 Å². The van der Waals surface area contributed by atoms with E-state index in [-0.39, 0.29) is 17.4 Å². The zero-order valence-corrected chi connectivity index (χ0v) is 12.4. The fourth-order valence-electron chi connectivity index (χ4n) is 3.04. The molecule has 3 rings (SSSR count). The maximum Gasteiger partial charge on any atom is 0.405 e. The summed E-state index contributed by atoms with van der Waals surface area (Å²) in [6.45, 7) is 1.55. The summed E-state index contributed by atoms with van der Waals surface area (Å²) in [5.74, 6) is 0.172. The molecule has 1 saturated carbocycles. The maximum atomic E-state index is 13.2. The first-order chi connectivity index (χ1) is 9.88. The average molecular weight is 319 g/mol. The highest BCUT2D eigenvalue weighted by Gasteiger charge is 2.47. The lowest BCUT2D eigenvalue weighted by molar-refractivity contribution is -0.129. The summed E-state index contributed by atoms with van der Waals surface area (Å²) in [7, 11) is 0. The standard InChI is InChI=1S/C13H16F3N3OS/c1-7-17-11-9(10(21-7)13(14,15)16)12(20)18-19(11)8-5-3-2-4-6-8/h8,10H,2-6H2,1H3,(H,18,20)/t10-/m0/s1. The van der Waals surface area contributed by atoms with Gasteiger partial charge in [-0.1, -0.05) is 31.0 Å². The van der Waals surface area contributed by atoms with Crippen LogP contribution >= 0.6 is 11.8 Å². The van der Waals surface area contributed by atoms with Gasteiger partial charge in [0.25, 0.3) is 5.56 Å². The first kappa shape index (κ1) is 14.7. The van der Waals surface area contributed by atoms with Crippen LogP contribution in [0.3, 0.4) is 0 Å². The van der Waals surface area contributed by atoms with Crippen molar-refractivity contribution in [1.29, 1.82) is 0 Å². The fraction of sp³-hybridized carbons (Fsp3) is 0.692. The minimum atomic E-state index is -4.46. The Morgan fingerprint density at radius 3 is 2.57 bits per heavy atom. The number of H-pyrrole nitrogens is 1. The topological polar surface area (TPSA) is 50.1 Å². The van der Waals surface area contributed by atoms with Crippen molar-refractivity contribution in [2.75, 3.05) is 0 Å². The molecule has 1 fully saturated rings. The number of alkyl halides is 3. The molecule has 0 bridgehead atoms. The molecule has 1 aliphatic heterocycles. The molecule has 0 saturated heterocycles. The third-order valence-electron chi connectivity index (χ3n) is 3.99. The van der Waals surface area contributed by atoms with Crippen molar-refractivity contribution in [3.8, 4) is 0 Å². The van der Waals surface area contributed by atoms with Crippen LogP contribution in [0, 0.1) is 0 Å². The van der Waals surface area contributed by atoms with Crippen LogP contribution in [0.2, 0.25) is 0 Å². The van der Waals surface area contributed by atoms with Crippen LogP contribution in [0.25, 0.3) is 0 Å². The minimum absolute atomic E-state index is 0.0451. The van der Waals surface area contributed by atoms with Crippen molar-refractivity contribution in [3.05, 3.63) is 15.9 Å². The van der Waals surface area contributed by atoms with E-state index in [9.17, 15) is 18.0 Å². The SMILES string of the molecule is CC1=Nc2c(c(=O)[nH]n2C2CCCCC2)[C@@H](C(F)(F)F)S1. The summed E-state index contributed by atoms with van der Waals surface area (Å²) in [4.78, 5) is 16.2. The number of hydrogen-bond acceptors (Lipinski definition) is 3. The highest BCUT2D eigenvalue weighted by molar-refractivity contribution is 8.14. The van der Waals surface area contributed by atoms with Gasteiger partial charge in [-0.05, 0) is 19.8 Å². The number of thioether (sulfide) groups is 1. The number of aliphatic imine (C=N–C) groups is 1. The molecule has 1 aromatic heterocycles. The van der Waals surface area contributed by atoms with Crippen molar-refractivity contribution in [1.82, 2.24) is 9.78 Å². The molecule has 0 aromatic carbocycles. The number of aromatic amines is 1. The van der Waals surface area contributed by atoms with Crippen LogP contribution in [0.4, 0.5) is 19.0 Å². The predicted molar refractivity (Wildman–Crippen MR) is 76.3 cm³/mol. The van der Waals surface area contributed by atoms with Gasteiger partial charge in [0.2, 0.25) is 0 Å². The number of hydrogen-bond donors (Lipinski definition) is 1. The molecular weight excluding hydrogens is 303 g/mol. The average Bonchev–Trinajstić information content (AvgIpc) is 2.75. The molecule has 0 spiro atoms. The minimum Gasteiger partial charge on any atom is -0.268 e. The lowest BCUT2D eigenvalue weighted by Crippen LogP contribution is -2.25. The Morgan fingerprint density at radius 2 is 1.95 bits per heavy atom. The molecule has 0 radical (unpaired) electrons. The molecule has 0 amide bonds. The van der Waals surface area contributed by atoms with Crippen LogP contribution in [0.5, 0.6) is 0 Å². The molecule has 8 heteroatoms. The van der Waals surface area contributed by atoms with Crippen molar-refractivity contribution < 1.29 is 13.2 Å². The lowest BCUT2D eigenvalue weighted by Gasteiger charge is -2.26. The van der Waals surface area contributed by atoms with E-state index in [0.717, 1.165) is 32.1 Å². The van der Waals surface area contributed by atoms with Gasteiger partial charge in [-0.3, -0.25) is 14.6 Å². The second-order valence-electron chi connectivity index (χ2n) is 5.51. The predicted octanol–water partition coefficient (Wildman–Crippen LogP) is 4.08. The summed E-state index contributed by atoms with van der Waals surface area (Å²) in [6.07, 6.45) is 0.473. The van der Waals surface area contributed by atoms with Gasteiger partial charge in [-0.2, -0.15) is 13.2 Å². The van der Waals surface area contributed by atoms with Gasteiger partial charge in [-0.15, -0.1) is 0 Å². The summed E-state index contributed by atoms with van der Waals surface area (Å²) >= 11 is 0.602. The normalized spacial score (nSPS) is 23.8. The van der Waals surface area contributed by atoms with E-state index >= 15 is 0 Å². The van der Waals surface area contributed by atoms with Gasteiger partial charge in [0.1, 0.15) is 5.25 Å². The highest BCUT2D eigenvalue weighted by Crippen LogP contribution is 2.49. The second kappa shape index (κ2) is 5.23. The highest BCUT2D eigenvalue weighted by atomic mass is 32.2. The van der Waals surface area contributed by atoms with E-state index < -0.39 is 17.0 Å². The molecule has 2 heterocycles. The van der Waals surface area contributed by atoms with Crippen molar-refractivity contribution in [2.24, 2.45) is 4.99 Å². The number of nitrogens with one attached hydrogen (secondary N) is 1. The molecule has 0 unspecified atom stereocenters. The van der Waals surface area contributed by atoms with Gasteiger partial charge < -0.3 is 0 Å². The van der Waals surface area contributed by atoms with Crippen molar-refractivity contribution in [3.63, 3.8) is 0 Å². The van der Waals surface area contributed by atoms with Gasteiger partial charge in [-0.25, -0.2) is 4.99 Å². The summed E-state index contributed by atoms with van der Waals surface area (Å²) in [5.41, 5.74) is -0.912. The van der Waals surface area contributed by atoms with Crippen molar-refractivity contribution >= 4 is 22.6 Å². The van der Waals surface area contributed by atoms with E-state index in [0.29, 0.717) is 16.8 Å². The third kappa shape index (κ3) is 2.65.